The molecule has 0 bridgehead atoms. The molecule has 0 aliphatic heterocycles. The van der Waals surface area contributed by atoms with Crippen LogP contribution >= 0.6 is 11.3 Å². The highest BCUT2D eigenvalue weighted by atomic mass is 32.2. The Balaban J connectivity index is 1.98. The maximum absolute atomic E-state index is 12.2. The fourth-order valence-corrected chi connectivity index (χ4v) is 4.49. The zero-order chi connectivity index (χ0) is 19.3. The number of rotatable bonds is 8. The molecule has 0 saturated carbocycles. The topological polar surface area (TPSA) is 98.3 Å². The molecule has 7 nitrogen and oxygen atoms in total. The summed E-state index contributed by atoms with van der Waals surface area (Å²) in [5.41, 5.74) is 1.18. The van der Waals surface area contributed by atoms with Crippen LogP contribution in [0.4, 0.5) is 5.13 Å². The molecule has 1 heterocycles. The van der Waals surface area contributed by atoms with E-state index in [0.29, 0.717) is 18.1 Å². The quantitative estimate of drug-likeness (QED) is 0.687. The van der Waals surface area contributed by atoms with Crippen LogP contribution in [0.15, 0.2) is 28.6 Å². The summed E-state index contributed by atoms with van der Waals surface area (Å²) in [6.07, 6.45) is -0.274. The molecule has 0 aliphatic rings. The fourth-order valence-electron chi connectivity index (χ4n) is 2.14. The predicted octanol–water partition coefficient (Wildman–Crippen LogP) is 3.25. The van der Waals surface area contributed by atoms with Crippen LogP contribution in [0, 0.1) is 0 Å². The van der Waals surface area contributed by atoms with Gasteiger partial charge in [-0.3, -0.25) is 10.1 Å². The standard InChI is InChI=1S/C17H23N3O4S2/c1-5-10-26(22,23)17-20-19-16(25-17)18-15(21)12(4)24-14-8-6-13(7-9-14)11(2)3/h6-9,11-12H,5,10H2,1-4H3,(H,18,19,21)/t12-/m0/s1. The normalized spacial score (nSPS) is 12.8. The molecule has 0 radical (unpaired) electrons. The third-order valence-electron chi connectivity index (χ3n) is 3.60. The molecule has 0 saturated heterocycles. The first-order valence-corrected chi connectivity index (χ1v) is 10.8. The van der Waals surface area contributed by atoms with E-state index in [1.54, 1.807) is 13.8 Å². The summed E-state index contributed by atoms with van der Waals surface area (Å²) >= 11 is 0.839. The highest BCUT2D eigenvalue weighted by Gasteiger charge is 2.22. The van der Waals surface area contributed by atoms with Crippen molar-refractivity contribution in [3.05, 3.63) is 29.8 Å². The molecule has 1 N–H and O–H groups in total. The van der Waals surface area contributed by atoms with Crippen LogP contribution < -0.4 is 10.1 Å². The summed E-state index contributed by atoms with van der Waals surface area (Å²) < 4.78 is 29.4. The number of ether oxygens (including phenoxy) is 1. The van der Waals surface area contributed by atoms with E-state index < -0.39 is 21.8 Å². The van der Waals surface area contributed by atoms with E-state index in [0.717, 1.165) is 11.3 Å². The van der Waals surface area contributed by atoms with Gasteiger partial charge in [0.1, 0.15) is 5.75 Å². The van der Waals surface area contributed by atoms with E-state index in [1.807, 2.05) is 24.3 Å². The summed E-state index contributed by atoms with van der Waals surface area (Å²) in [7, 11) is -3.44. The Hall–Kier alpha value is -2.00. The van der Waals surface area contributed by atoms with Crippen molar-refractivity contribution >= 4 is 32.2 Å². The van der Waals surface area contributed by atoms with Gasteiger partial charge in [0.25, 0.3) is 5.91 Å². The first-order chi connectivity index (χ1) is 12.2. The first-order valence-electron chi connectivity index (χ1n) is 8.36. The molecule has 1 aromatic carbocycles. The SMILES string of the molecule is CCCS(=O)(=O)c1nnc(NC(=O)[C@H](C)Oc2ccc(C(C)C)cc2)s1. The van der Waals surface area contributed by atoms with Gasteiger partial charge in [-0.15, -0.1) is 10.2 Å². The van der Waals surface area contributed by atoms with Crippen LogP contribution in [-0.4, -0.2) is 36.4 Å². The van der Waals surface area contributed by atoms with Crippen molar-refractivity contribution in [3.63, 3.8) is 0 Å². The number of nitrogens with zero attached hydrogens (tertiary/aromatic N) is 2. The van der Waals surface area contributed by atoms with Gasteiger partial charge in [0.15, 0.2) is 6.10 Å². The van der Waals surface area contributed by atoms with E-state index >= 15 is 0 Å². The molecule has 2 aromatic rings. The van der Waals surface area contributed by atoms with E-state index in [9.17, 15) is 13.2 Å². The molecule has 142 valence electrons. The smallest absolute Gasteiger partial charge is 0.266 e. The zero-order valence-corrected chi connectivity index (χ0v) is 16.9. The van der Waals surface area contributed by atoms with Crippen LogP contribution in [0.25, 0.3) is 0 Å². The van der Waals surface area contributed by atoms with Gasteiger partial charge in [-0.1, -0.05) is 44.2 Å². The van der Waals surface area contributed by atoms with Gasteiger partial charge in [0.2, 0.25) is 19.3 Å². The number of hydrogen-bond donors (Lipinski definition) is 1. The van der Waals surface area contributed by atoms with E-state index in [1.165, 1.54) is 5.56 Å². The number of sulfone groups is 1. The maximum atomic E-state index is 12.2. The van der Waals surface area contributed by atoms with E-state index in [-0.39, 0.29) is 15.2 Å². The Morgan fingerprint density at radius 2 is 1.85 bits per heavy atom. The number of nitrogens with one attached hydrogen (secondary N) is 1. The third kappa shape index (κ3) is 5.25. The summed E-state index contributed by atoms with van der Waals surface area (Å²) in [5.74, 6) is 0.580. The second kappa shape index (κ2) is 8.59. The Bertz CT molecular complexity index is 845. The molecule has 2 rings (SSSR count). The lowest BCUT2D eigenvalue weighted by atomic mass is 10.0. The number of hydrogen-bond acceptors (Lipinski definition) is 7. The second-order valence-corrected chi connectivity index (χ2v) is 9.43. The van der Waals surface area contributed by atoms with Crippen LogP contribution in [-0.2, 0) is 14.6 Å². The van der Waals surface area contributed by atoms with Crippen LogP contribution in [0.5, 0.6) is 5.75 Å². The number of carbonyl (C=O) groups is 1. The molecule has 9 heteroatoms. The second-order valence-electron chi connectivity index (χ2n) is 6.17. The molecule has 0 aliphatic carbocycles. The summed E-state index contributed by atoms with van der Waals surface area (Å²) in [4.78, 5) is 12.2. The number of aromatic nitrogens is 2. The van der Waals surface area contributed by atoms with Gasteiger partial charge in [-0.05, 0) is 37.0 Å². The van der Waals surface area contributed by atoms with Gasteiger partial charge in [-0.25, -0.2) is 8.42 Å². The van der Waals surface area contributed by atoms with Crippen molar-refractivity contribution < 1.29 is 17.9 Å². The Morgan fingerprint density at radius 3 is 2.42 bits per heavy atom. The Kier molecular flexibility index (Phi) is 6.71. The Labute approximate surface area is 157 Å². The molecule has 0 unspecified atom stereocenters. The van der Waals surface area contributed by atoms with Crippen molar-refractivity contribution in [2.24, 2.45) is 0 Å². The van der Waals surface area contributed by atoms with Crippen LogP contribution in [0.3, 0.4) is 0 Å². The van der Waals surface area contributed by atoms with E-state index in [2.05, 4.69) is 29.4 Å². The van der Waals surface area contributed by atoms with Gasteiger partial charge < -0.3 is 4.74 Å². The van der Waals surface area contributed by atoms with Gasteiger partial charge >= 0.3 is 0 Å². The number of anilines is 1. The lowest BCUT2D eigenvalue weighted by Crippen LogP contribution is -2.30. The zero-order valence-electron chi connectivity index (χ0n) is 15.2. The molecule has 26 heavy (non-hydrogen) atoms. The summed E-state index contributed by atoms with van der Waals surface area (Å²) in [6.45, 7) is 7.58. The minimum Gasteiger partial charge on any atom is -0.481 e. The molecule has 1 aromatic heterocycles. The molecule has 1 atom stereocenters. The van der Waals surface area contributed by atoms with Gasteiger partial charge in [0, 0.05) is 0 Å². The lowest BCUT2D eigenvalue weighted by molar-refractivity contribution is -0.122. The highest BCUT2D eigenvalue weighted by molar-refractivity contribution is 7.93. The van der Waals surface area contributed by atoms with Gasteiger partial charge in [0.05, 0.1) is 5.75 Å². The average Bonchev–Trinajstić information content (AvgIpc) is 3.04. The predicted molar refractivity (Wildman–Crippen MR) is 102 cm³/mol. The van der Waals surface area contributed by atoms with E-state index in [4.69, 9.17) is 4.74 Å². The average molecular weight is 398 g/mol. The number of benzene rings is 1. The third-order valence-corrected chi connectivity index (χ3v) is 6.81. The summed E-state index contributed by atoms with van der Waals surface area (Å²) in [6, 6.07) is 7.56. The minimum absolute atomic E-state index is 0.00145. The van der Waals surface area contributed by atoms with Crippen molar-refractivity contribution in [1.29, 1.82) is 0 Å². The molecular weight excluding hydrogens is 374 g/mol. The monoisotopic (exact) mass is 397 g/mol. The molecule has 1 amide bonds. The number of carbonyl (C=O) groups excluding carboxylic acids is 1. The van der Waals surface area contributed by atoms with Crippen molar-refractivity contribution in [1.82, 2.24) is 10.2 Å². The van der Waals surface area contributed by atoms with Crippen molar-refractivity contribution in [2.75, 3.05) is 11.1 Å². The van der Waals surface area contributed by atoms with Crippen LogP contribution in [0.2, 0.25) is 0 Å². The van der Waals surface area contributed by atoms with Crippen molar-refractivity contribution in [3.8, 4) is 5.75 Å². The lowest BCUT2D eigenvalue weighted by Gasteiger charge is -2.14. The number of amides is 1. The highest BCUT2D eigenvalue weighted by Crippen LogP contribution is 2.22. The van der Waals surface area contributed by atoms with Crippen molar-refractivity contribution in [2.45, 2.75) is 50.5 Å². The van der Waals surface area contributed by atoms with Crippen LogP contribution in [0.1, 0.15) is 45.6 Å². The Morgan fingerprint density at radius 1 is 1.19 bits per heavy atom. The largest absolute Gasteiger partial charge is 0.481 e. The minimum atomic E-state index is -3.44. The van der Waals surface area contributed by atoms with Gasteiger partial charge in [-0.2, -0.15) is 0 Å². The summed E-state index contributed by atoms with van der Waals surface area (Å²) in [5, 5.41) is 10.1. The molecule has 0 fully saturated rings. The first kappa shape index (κ1) is 20.3. The maximum Gasteiger partial charge on any atom is 0.266 e. The molecular formula is C17H23N3O4S2. The fraction of sp³-hybridized carbons (Fsp3) is 0.471. The molecule has 0 spiro atoms.